The van der Waals surface area contributed by atoms with Crippen molar-refractivity contribution in [2.24, 2.45) is 0 Å². The molecular weight excluding hydrogens is 266 g/mol. The monoisotopic (exact) mass is 279 g/mol. The molecule has 0 bridgehead atoms. The number of para-hydroxylation sites is 1. The minimum Gasteiger partial charge on any atom is -0.383 e. The Kier molecular flexibility index (Phi) is 4.88. The number of halogens is 1. The molecule has 0 fully saturated rings. The third-order valence-corrected chi connectivity index (χ3v) is 2.61. The number of rotatable bonds is 6. The molecule has 2 N–H and O–H groups in total. The van der Waals surface area contributed by atoms with E-state index in [0.717, 1.165) is 5.69 Å². The van der Waals surface area contributed by atoms with Crippen LogP contribution in [0.4, 0.5) is 17.5 Å². The average Bonchev–Trinajstić information content (AvgIpc) is 2.42. The van der Waals surface area contributed by atoms with Crippen molar-refractivity contribution in [1.29, 1.82) is 0 Å². The van der Waals surface area contributed by atoms with E-state index >= 15 is 0 Å². The van der Waals surface area contributed by atoms with E-state index in [1.54, 1.807) is 13.2 Å². The Morgan fingerprint density at radius 1 is 1.32 bits per heavy atom. The first kappa shape index (κ1) is 13.5. The molecule has 2 aromatic rings. The molecule has 0 aliphatic carbocycles. The van der Waals surface area contributed by atoms with Crippen molar-refractivity contribution < 1.29 is 4.74 Å². The summed E-state index contributed by atoms with van der Waals surface area (Å²) in [6.45, 7) is 1.19. The molecule has 19 heavy (non-hydrogen) atoms. The molecule has 0 aliphatic rings. The lowest BCUT2D eigenvalue weighted by atomic mass is 10.3. The minimum absolute atomic E-state index is 0.439. The van der Waals surface area contributed by atoms with E-state index in [2.05, 4.69) is 25.8 Å². The molecule has 0 aliphatic heterocycles. The molecule has 1 aromatic heterocycles. The fourth-order valence-corrected chi connectivity index (χ4v) is 1.59. The molecule has 7 heteroatoms. The highest BCUT2D eigenvalue weighted by Gasteiger charge is 2.03. The summed E-state index contributed by atoms with van der Waals surface area (Å²) >= 11 is 6.06. The molecule has 0 amide bonds. The fourth-order valence-electron chi connectivity index (χ4n) is 1.40. The number of aromatic nitrogens is 3. The Labute approximate surface area is 116 Å². The second kappa shape index (κ2) is 6.86. The molecule has 0 radical (unpaired) electrons. The van der Waals surface area contributed by atoms with Crippen LogP contribution < -0.4 is 10.6 Å². The van der Waals surface area contributed by atoms with Crippen LogP contribution in [0.25, 0.3) is 0 Å². The quantitative estimate of drug-likeness (QED) is 0.791. The van der Waals surface area contributed by atoms with Crippen molar-refractivity contribution in [3.8, 4) is 0 Å². The van der Waals surface area contributed by atoms with Crippen LogP contribution in [0, 0.1) is 0 Å². The van der Waals surface area contributed by atoms with Gasteiger partial charge in [-0.25, -0.2) is 0 Å². The van der Waals surface area contributed by atoms with Gasteiger partial charge in [-0.2, -0.15) is 10.1 Å². The summed E-state index contributed by atoms with van der Waals surface area (Å²) in [6.07, 6.45) is 1.53. The molecule has 2 rings (SSSR count). The molecule has 0 atom stereocenters. The first-order valence-electron chi connectivity index (χ1n) is 5.73. The molecule has 6 nitrogen and oxygen atoms in total. The Balaban J connectivity index is 2.05. The van der Waals surface area contributed by atoms with Crippen molar-refractivity contribution in [2.75, 3.05) is 30.9 Å². The average molecular weight is 280 g/mol. The zero-order valence-corrected chi connectivity index (χ0v) is 11.2. The molecule has 0 saturated heterocycles. The van der Waals surface area contributed by atoms with Gasteiger partial charge in [-0.15, -0.1) is 5.10 Å². The second-order valence-corrected chi connectivity index (χ2v) is 4.10. The van der Waals surface area contributed by atoms with E-state index < -0.39 is 0 Å². The van der Waals surface area contributed by atoms with Crippen LogP contribution in [0.15, 0.2) is 30.5 Å². The van der Waals surface area contributed by atoms with Gasteiger partial charge in [0.25, 0.3) is 0 Å². The van der Waals surface area contributed by atoms with E-state index in [1.165, 1.54) is 6.20 Å². The van der Waals surface area contributed by atoms with E-state index in [9.17, 15) is 0 Å². The Morgan fingerprint density at radius 3 is 2.95 bits per heavy atom. The number of nitrogens with one attached hydrogen (secondary N) is 2. The van der Waals surface area contributed by atoms with Crippen LogP contribution in [-0.2, 0) is 4.74 Å². The van der Waals surface area contributed by atoms with Gasteiger partial charge in [0.2, 0.25) is 5.95 Å². The summed E-state index contributed by atoms with van der Waals surface area (Å²) in [5.74, 6) is 1.01. The van der Waals surface area contributed by atoms with Gasteiger partial charge in [-0.1, -0.05) is 23.7 Å². The summed E-state index contributed by atoms with van der Waals surface area (Å²) in [7, 11) is 1.64. The SMILES string of the molecule is COCCNc1nncc(Nc2ccccc2Cl)n1. The first-order chi connectivity index (χ1) is 9.29. The van der Waals surface area contributed by atoms with Gasteiger partial charge >= 0.3 is 0 Å². The summed E-state index contributed by atoms with van der Waals surface area (Å²) in [4.78, 5) is 4.27. The van der Waals surface area contributed by atoms with Crippen LogP contribution >= 0.6 is 11.6 Å². The number of ether oxygens (including phenoxy) is 1. The number of hydrogen-bond acceptors (Lipinski definition) is 6. The van der Waals surface area contributed by atoms with Gasteiger partial charge in [-0.05, 0) is 12.1 Å². The lowest BCUT2D eigenvalue weighted by Gasteiger charge is -2.08. The van der Waals surface area contributed by atoms with Crippen molar-refractivity contribution >= 4 is 29.1 Å². The first-order valence-corrected chi connectivity index (χ1v) is 6.11. The molecule has 1 aromatic carbocycles. The van der Waals surface area contributed by atoms with Gasteiger partial charge in [0.15, 0.2) is 5.82 Å². The topological polar surface area (TPSA) is 72.0 Å². The smallest absolute Gasteiger partial charge is 0.244 e. The molecular formula is C12H14ClN5O. The summed E-state index contributed by atoms with van der Waals surface area (Å²) in [5, 5.41) is 14.5. The third-order valence-electron chi connectivity index (χ3n) is 2.28. The number of methoxy groups -OCH3 is 1. The van der Waals surface area contributed by atoms with Crippen molar-refractivity contribution in [2.45, 2.75) is 0 Å². The fraction of sp³-hybridized carbons (Fsp3) is 0.250. The van der Waals surface area contributed by atoms with E-state index in [-0.39, 0.29) is 0 Å². The van der Waals surface area contributed by atoms with Gasteiger partial charge in [0, 0.05) is 13.7 Å². The normalized spacial score (nSPS) is 10.2. The third kappa shape index (κ3) is 4.04. The predicted octanol–water partition coefficient (Wildman–Crippen LogP) is 2.33. The molecule has 0 spiro atoms. The predicted molar refractivity (Wildman–Crippen MR) is 74.9 cm³/mol. The largest absolute Gasteiger partial charge is 0.383 e. The van der Waals surface area contributed by atoms with Crippen LogP contribution in [0.1, 0.15) is 0 Å². The van der Waals surface area contributed by atoms with Gasteiger partial charge in [-0.3, -0.25) is 0 Å². The molecule has 0 unspecified atom stereocenters. The summed E-state index contributed by atoms with van der Waals surface area (Å²) < 4.78 is 4.93. The maximum atomic E-state index is 6.06. The Hall–Kier alpha value is -1.92. The van der Waals surface area contributed by atoms with Crippen LogP contribution in [0.3, 0.4) is 0 Å². The van der Waals surface area contributed by atoms with Crippen molar-refractivity contribution in [3.63, 3.8) is 0 Å². The zero-order valence-electron chi connectivity index (χ0n) is 10.4. The van der Waals surface area contributed by atoms with Crippen LogP contribution in [0.2, 0.25) is 5.02 Å². The number of anilines is 3. The standard InChI is InChI=1S/C12H14ClN5O/c1-19-7-6-14-12-17-11(8-15-18-12)16-10-5-3-2-4-9(10)13/h2-5,8H,6-7H2,1H3,(H2,14,16,17,18). The maximum absolute atomic E-state index is 6.06. The van der Waals surface area contributed by atoms with E-state index in [0.29, 0.717) is 29.9 Å². The molecule has 0 saturated carbocycles. The summed E-state index contributed by atoms with van der Waals surface area (Å²) in [6, 6.07) is 7.42. The Morgan fingerprint density at radius 2 is 2.16 bits per heavy atom. The maximum Gasteiger partial charge on any atom is 0.244 e. The van der Waals surface area contributed by atoms with Gasteiger partial charge in [0.1, 0.15) is 0 Å². The number of nitrogens with zero attached hydrogens (tertiary/aromatic N) is 3. The Bertz CT molecular complexity index is 537. The number of benzene rings is 1. The minimum atomic E-state index is 0.439. The molecule has 100 valence electrons. The van der Waals surface area contributed by atoms with E-state index in [4.69, 9.17) is 16.3 Å². The van der Waals surface area contributed by atoms with Crippen molar-refractivity contribution in [3.05, 3.63) is 35.5 Å². The zero-order chi connectivity index (χ0) is 13.5. The lowest BCUT2D eigenvalue weighted by molar-refractivity contribution is 0.210. The van der Waals surface area contributed by atoms with Crippen molar-refractivity contribution in [1.82, 2.24) is 15.2 Å². The van der Waals surface area contributed by atoms with Gasteiger partial charge < -0.3 is 15.4 Å². The van der Waals surface area contributed by atoms with E-state index in [1.807, 2.05) is 18.2 Å². The van der Waals surface area contributed by atoms with Gasteiger partial charge in [0.05, 0.1) is 23.5 Å². The highest BCUT2D eigenvalue weighted by atomic mass is 35.5. The summed E-state index contributed by atoms with van der Waals surface area (Å²) in [5.41, 5.74) is 0.771. The highest BCUT2D eigenvalue weighted by molar-refractivity contribution is 6.33. The lowest BCUT2D eigenvalue weighted by Crippen LogP contribution is -2.11. The second-order valence-electron chi connectivity index (χ2n) is 3.69. The van der Waals surface area contributed by atoms with Crippen LogP contribution in [0.5, 0.6) is 0 Å². The van der Waals surface area contributed by atoms with Crippen LogP contribution in [-0.4, -0.2) is 35.4 Å². The highest BCUT2D eigenvalue weighted by Crippen LogP contribution is 2.23. The molecule has 1 heterocycles. The number of hydrogen-bond donors (Lipinski definition) is 2.